The van der Waals surface area contributed by atoms with E-state index in [2.05, 4.69) is 78.0 Å². The molecular formula is C25H37B. The zero-order valence-electron chi connectivity index (χ0n) is 18.2. The first-order valence-corrected chi connectivity index (χ1v) is 10.1. The second kappa shape index (κ2) is 10.00. The summed E-state index contributed by atoms with van der Waals surface area (Å²) in [6.07, 6.45) is 10.0. The first kappa shape index (κ1) is 22.5. The summed E-state index contributed by atoms with van der Waals surface area (Å²) in [5, 5.41) is 0. The van der Waals surface area contributed by atoms with E-state index in [1.165, 1.54) is 33.4 Å². The molecular weight excluding hydrogens is 311 g/mol. The lowest BCUT2D eigenvalue weighted by atomic mass is 9.75. The highest BCUT2D eigenvalue weighted by Crippen LogP contribution is 2.33. The third-order valence-electron chi connectivity index (χ3n) is 5.24. The monoisotopic (exact) mass is 348 g/mol. The van der Waals surface area contributed by atoms with Crippen molar-refractivity contribution in [1.82, 2.24) is 0 Å². The number of aryl methyl sites for hydroxylation is 1. The number of hydrogen-bond acceptors (Lipinski definition) is 0. The van der Waals surface area contributed by atoms with E-state index < -0.39 is 0 Å². The molecule has 0 spiro atoms. The highest BCUT2D eigenvalue weighted by molar-refractivity contribution is 6.12. The van der Waals surface area contributed by atoms with Crippen molar-refractivity contribution in [1.29, 1.82) is 0 Å². The van der Waals surface area contributed by atoms with Gasteiger partial charge in [-0.3, -0.25) is 0 Å². The maximum absolute atomic E-state index is 6.00. The molecule has 1 aliphatic carbocycles. The lowest BCUT2D eigenvalue weighted by Crippen LogP contribution is -2.05. The van der Waals surface area contributed by atoms with E-state index in [-0.39, 0.29) is 5.41 Å². The van der Waals surface area contributed by atoms with E-state index in [9.17, 15) is 0 Å². The lowest BCUT2D eigenvalue weighted by Gasteiger charge is -2.20. The van der Waals surface area contributed by atoms with Gasteiger partial charge in [-0.1, -0.05) is 88.9 Å². The average Bonchev–Trinajstić information content (AvgIpc) is 2.60. The number of hydrogen-bond donors (Lipinski definition) is 0. The van der Waals surface area contributed by atoms with Crippen molar-refractivity contribution in [2.45, 2.75) is 80.5 Å². The molecule has 1 aromatic rings. The van der Waals surface area contributed by atoms with Crippen molar-refractivity contribution < 1.29 is 0 Å². The van der Waals surface area contributed by atoms with Crippen molar-refractivity contribution in [2.75, 3.05) is 0 Å². The molecule has 2 rings (SSSR count). The normalized spacial score (nSPS) is 18.8. The van der Waals surface area contributed by atoms with E-state index in [1.54, 1.807) is 0 Å². The predicted molar refractivity (Wildman–Crippen MR) is 121 cm³/mol. The Morgan fingerprint density at radius 1 is 1.12 bits per heavy atom. The van der Waals surface area contributed by atoms with Crippen LogP contribution in [0.3, 0.4) is 0 Å². The van der Waals surface area contributed by atoms with Crippen LogP contribution in [0.2, 0.25) is 5.82 Å². The largest absolute Gasteiger partial charge is 0.0812 e. The summed E-state index contributed by atoms with van der Waals surface area (Å²) in [4.78, 5) is 0. The van der Waals surface area contributed by atoms with Crippen LogP contribution in [0.1, 0.15) is 84.4 Å². The molecule has 1 atom stereocenters. The van der Waals surface area contributed by atoms with Crippen LogP contribution in [-0.2, 0) is 0 Å². The van der Waals surface area contributed by atoms with Gasteiger partial charge in [-0.05, 0) is 66.9 Å². The number of allylic oxidation sites excluding steroid dienone is 6. The van der Waals surface area contributed by atoms with E-state index in [4.69, 9.17) is 7.85 Å². The van der Waals surface area contributed by atoms with Crippen LogP contribution >= 0.6 is 0 Å². The molecule has 0 N–H and O–H groups in total. The molecule has 1 unspecified atom stereocenters. The summed E-state index contributed by atoms with van der Waals surface area (Å²) < 4.78 is 0. The molecule has 1 heteroatoms. The average molecular weight is 348 g/mol. The van der Waals surface area contributed by atoms with Crippen LogP contribution in [0.5, 0.6) is 0 Å². The highest BCUT2D eigenvalue weighted by atomic mass is 14.2. The third kappa shape index (κ3) is 6.34. The zero-order chi connectivity index (χ0) is 19.9. The number of rotatable bonds is 3. The Morgan fingerprint density at radius 3 is 2.27 bits per heavy atom. The topological polar surface area (TPSA) is 0 Å². The van der Waals surface area contributed by atoms with Gasteiger partial charge in [0.15, 0.2) is 0 Å². The van der Waals surface area contributed by atoms with Gasteiger partial charge in [0.25, 0.3) is 0 Å². The molecule has 0 nitrogen and oxygen atoms in total. The van der Waals surface area contributed by atoms with Crippen molar-refractivity contribution >= 4 is 19.0 Å². The molecule has 0 heterocycles. The van der Waals surface area contributed by atoms with Crippen LogP contribution in [0.25, 0.3) is 11.1 Å². The smallest absolute Gasteiger partial charge is 0.0703 e. The maximum Gasteiger partial charge on any atom is 0.0703 e. The second-order valence-electron chi connectivity index (χ2n) is 8.24. The van der Waals surface area contributed by atoms with Crippen LogP contribution < -0.4 is 0 Å². The molecule has 0 fully saturated rings. The van der Waals surface area contributed by atoms with Crippen LogP contribution in [-0.4, -0.2) is 7.85 Å². The maximum atomic E-state index is 6.00. The van der Waals surface area contributed by atoms with E-state index >= 15 is 0 Å². The highest BCUT2D eigenvalue weighted by Gasteiger charge is 2.13. The van der Waals surface area contributed by atoms with Crippen LogP contribution in [0.15, 0.2) is 42.0 Å². The van der Waals surface area contributed by atoms with Gasteiger partial charge < -0.3 is 0 Å². The van der Waals surface area contributed by atoms with Gasteiger partial charge in [-0.25, -0.2) is 0 Å². The summed E-state index contributed by atoms with van der Waals surface area (Å²) in [7, 11) is 6.00. The summed E-state index contributed by atoms with van der Waals surface area (Å²) in [6.45, 7) is 17.4. The molecule has 0 saturated carbocycles. The van der Waals surface area contributed by atoms with Gasteiger partial charge in [0.1, 0.15) is 0 Å². The summed E-state index contributed by atoms with van der Waals surface area (Å²) in [5.74, 6) is 0.345. The van der Waals surface area contributed by atoms with E-state index in [0.29, 0.717) is 5.82 Å². The molecule has 0 saturated heterocycles. The van der Waals surface area contributed by atoms with Crippen LogP contribution in [0, 0.1) is 12.3 Å². The molecule has 0 bridgehead atoms. The molecule has 2 radical (unpaired) electrons. The Bertz CT molecular complexity index is 681. The molecule has 0 amide bonds. The second-order valence-corrected chi connectivity index (χ2v) is 8.24. The first-order valence-electron chi connectivity index (χ1n) is 10.1. The van der Waals surface area contributed by atoms with Crippen molar-refractivity contribution in [3.63, 3.8) is 0 Å². The van der Waals surface area contributed by atoms with E-state index in [1.807, 2.05) is 13.8 Å². The summed E-state index contributed by atoms with van der Waals surface area (Å²) in [6, 6.07) is 6.87. The Morgan fingerprint density at radius 2 is 1.77 bits per heavy atom. The quantitative estimate of drug-likeness (QED) is 0.384. The first-order chi connectivity index (χ1) is 12.2. The van der Waals surface area contributed by atoms with Crippen LogP contribution in [0.4, 0.5) is 0 Å². The Hall–Kier alpha value is -1.50. The fourth-order valence-corrected chi connectivity index (χ4v) is 3.01. The van der Waals surface area contributed by atoms with Crippen molar-refractivity contribution in [3.8, 4) is 0 Å². The van der Waals surface area contributed by atoms with Gasteiger partial charge >= 0.3 is 0 Å². The predicted octanol–water partition coefficient (Wildman–Crippen LogP) is 7.94. The van der Waals surface area contributed by atoms with Gasteiger partial charge in [0.2, 0.25) is 0 Å². The molecule has 1 aliphatic rings. The fraction of sp³-hybridized carbons (Fsp3) is 0.520. The fourth-order valence-electron chi connectivity index (χ4n) is 3.01. The molecule has 26 heavy (non-hydrogen) atoms. The Balaban J connectivity index is 0.00000163. The summed E-state index contributed by atoms with van der Waals surface area (Å²) in [5.41, 5.74) is 8.45. The molecule has 0 aromatic heterocycles. The minimum Gasteiger partial charge on any atom is -0.0812 e. The Labute approximate surface area is 163 Å². The Kier molecular flexibility index (Phi) is 8.67. The molecule has 0 aliphatic heterocycles. The SMILES string of the molecule is CC.[B]C1CC=C(c2ccc(/C(C)=C/C=C(\C)C(C)(C)C)c(C)c2)CC1. The molecule has 140 valence electrons. The van der Waals surface area contributed by atoms with Crippen molar-refractivity contribution in [3.05, 3.63) is 58.7 Å². The number of benzene rings is 1. The van der Waals surface area contributed by atoms with Gasteiger partial charge in [0.05, 0.1) is 7.85 Å². The zero-order valence-corrected chi connectivity index (χ0v) is 18.2. The minimum absolute atomic E-state index is 0.226. The van der Waals surface area contributed by atoms with Gasteiger partial charge in [0, 0.05) is 0 Å². The standard InChI is InChI=1S/C23H31B.C2H6/c1-16(7-8-18(3)23(4,5)6)22-14-11-20(15-17(22)2)19-9-12-21(24)13-10-19;1-2/h7-9,11,14-15,21H,10,12-13H2,1-6H3;1-2H3/b16-7+,18-8+;. The minimum atomic E-state index is 0.226. The van der Waals surface area contributed by atoms with Gasteiger partial charge in [-0.2, -0.15) is 0 Å². The molecule has 1 aromatic carbocycles. The lowest BCUT2D eigenvalue weighted by molar-refractivity contribution is 0.504. The summed E-state index contributed by atoms with van der Waals surface area (Å²) >= 11 is 0. The van der Waals surface area contributed by atoms with Crippen molar-refractivity contribution in [2.24, 2.45) is 5.41 Å². The van der Waals surface area contributed by atoms with E-state index in [0.717, 1.165) is 19.3 Å². The van der Waals surface area contributed by atoms with Gasteiger partial charge in [-0.15, -0.1) is 0 Å². The third-order valence-corrected chi connectivity index (χ3v) is 5.24.